The number of hydrogen-bond donors (Lipinski definition) is 2. The van der Waals surface area contributed by atoms with Crippen molar-refractivity contribution in [2.75, 3.05) is 0 Å². The highest BCUT2D eigenvalue weighted by molar-refractivity contribution is 5.93. The molecule has 4 nitrogen and oxygen atoms in total. The number of halogens is 3. The van der Waals surface area contributed by atoms with Gasteiger partial charge < -0.3 is 9.99 Å². The highest BCUT2D eigenvalue weighted by atomic mass is 19.4. The van der Waals surface area contributed by atoms with Crippen LogP contribution in [0.25, 0.3) is 16.6 Å². The van der Waals surface area contributed by atoms with E-state index in [2.05, 4.69) is 59.3 Å². The van der Waals surface area contributed by atoms with E-state index < -0.39 is 11.7 Å². The molecule has 0 aliphatic heterocycles. The summed E-state index contributed by atoms with van der Waals surface area (Å²) in [4.78, 5) is 4.90. The number of alkyl halides is 3. The summed E-state index contributed by atoms with van der Waals surface area (Å²) in [7, 11) is 0. The minimum Gasteiger partial charge on any atom is -0.325 e. The average molecular weight is 511 g/mol. The lowest BCUT2D eigenvalue weighted by Crippen LogP contribution is -2.57. The fourth-order valence-electron chi connectivity index (χ4n) is 4.49. The third-order valence-corrected chi connectivity index (χ3v) is 7.19. The molecule has 2 heterocycles. The largest absolute Gasteiger partial charge is 0.407 e. The third kappa shape index (κ3) is 5.80. The number of fused-ring (bicyclic) bond motifs is 1. The zero-order chi connectivity index (χ0) is 26.6. The normalized spacial score (nSPS) is 19.1. The number of aryl methyl sites for hydroxylation is 1. The molecule has 2 aromatic heterocycles. The van der Waals surface area contributed by atoms with Crippen molar-refractivity contribution in [2.45, 2.75) is 96.8 Å². The van der Waals surface area contributed by atoms with E-state index in [-0.39, 0.29) is 0 Å². The van der Waals surface area contributed by atoms with E-state index in [0.717, 1.165) is 73.8 Å². The van der Waals surface area contributed by atoms with Gasteiger partial charge in [-0.3, -0.25) is 0 Å². The molecule has 0 bridgehead atoms. The number of aromatic nitrogens is 2. The molecule has 2 N–H and O–H groups in total. The molecule has 2 aliphatic carbocycles. The van der Waals surface area contributed by atoms with Crippen molar-refractivity contribution in [3.8, 4) is 11.8 Å². The Hall–Kier alpha value is -2.98. The van der Waals surface area contributed by atoms with Gasteiger partial charge in [-0.05, 0) is 69.6 Å². The summed E-state index contributed by atoms with van der Waals surface area (Å²) >= 11 is 0. The lowest BCUT2D eigenvalue weighted by molar-refractivity contribution is -0.188. The van der Waals surface area contributed by atoms with Crippen LogP contribution >= 0.6 is 0 Å². The first-order valence-corrected chi connectivity index (χ1v) is 13.3. The van der Waals surface area contributed by atoms with Crippen LogP contribution in [0.4, 0.5) is 13.2 Å². The van der Waals surface area contributed by atoms with Crippen molar-refractivity contribution in [3.05, 3.63) is 59.1 Å². The Bertz CT molecular complexity index is 1280. The molecule has 2 aromatic rings. The topological polar surface area (TPSA) is 41.9 Å². The quantitative estimate of drug-likeness (QED) is 0.299. The van der Waals surface area contributed by atoms with Crippen LogP contribution in [0.1, 0.15) is 95.5 Å². The average Bonchev–Trinajstić information content (AvgIpc) is 3.10. The maximum absolute atomic E-state index is 13.2. The van der Waals surface area contributed by atoms with Gasteiger partial charge in [0.05, 0.1) is 11.3 Å². The molecule has 0 spiro atoms. The van der Waals surface area contributed by atoms with Crippen LogP contribution in [0.5, 0.6) is 0 Å². The molecule has 0 unspecified atom stereocenters. The van der Waals surface area contributed by atoms with Crippen molar-refractivity contribution in [1.82, 2.24) is 20.4 Å². The first kappa shape index (κ1) is 27.1. The summed E-state index contributed by atoms with van der Waals surface area (Å²) < 4.78 is 42.1. The number of rotatable bonds is 7. The van der Waals surface area contributed by atoms with Crippen molar-refractivity contribution < 1.29 is 13.2 Å². The van der Waals surface area contributed by atoms with Crippen LogP contribution in [-0.2, 0) is 6.42 Å². The van der Waals surface area contributed by atoms with Gasteiger partial charge >= 0.3 is 6.18 Å². The summed E-state index contributed by atoms with van der Waals surface area (Å²) in [6, 6.07) is 2.64. The maximum atomic E-state index is 13.2. The molecule has 2 aliphatic rings. The molecular weight excluding hydrogens is 473 g/mol. The van der Waals surface area contributed by atoms with Crippen molar-refractivity contribution in [2.24, 2.45) is 0 Å². The standard InChI is InChI=1S/C30H37F3N4/c1-5-7-8-18-25-26-19-21(6-2)20-34-28(26)37(24-16-11-17-24)27(25)22-12-9-14-23(15-10-13-22)35-36-29(3,4)30(31,32)33/h9,12-13,15,19-20,24,35-36H,5-7,10-11,14,16-17H2,1-4H3/b12-9-,22-13?,23-15+. The Balaban J connectivity index is 1.73. The van der Waals surface area contributed by atoms with Gasteiger partial charge in [0, 0.05) is 36.2 Å². The zero-order valence-corrected chi connectivity index (χ0v) is 22.2. The van der Waals surface area contributed by atoms with Crippen LogP contribution in [0.15, 0.2) is 42.3 Å². The number of allylic oxidation sites excluding steroid dienone is 5. The summed E-state index contributed by atoms with van der Waals surface area (Å²) in [5.74, 6) is 6.86. The van der Waals surface area contributed by atoms with Gasteiger partial charge in [-0.1, -0.05) is 50.0 Å². The molecular formula is C30H37F3N4. The fraction of sp³-hybridized carbons (Fsp3) is 0.500. The van der Waals surface area contributed by atoms with E-state index in [0.29, 0.717) is 24.6 Å². The maximum Gasteiger partial charge on any atom is 0.407 e. The molecule has 7 heteroatoms. The number of pyridine rings is 1. The second kappa shape index (κ2) is 11.2. The van der Waals surface area contributed by atoms with Gasteiger partial charge in [0.1, 0.15) is 11.2 Å². The summed E-state index contributed by atoms with van der Waals surface area (Å²) in [5.41, 5.74) is 9.31. The Morgan fingerprint density at radius 3 is 2.59 bits per heavy atom. The molecule has 0 aromatic carbocycles. The van der Waals surface area contributed by atoms with Crippen LogP contribution in [0.2, 0.25) is 0 Å². The molecule has 1 saturated carbocycles. The van der Waals surface area contributed by atoms with Gasteiger partial charge in [0.25, 0.3) is 0 Å². The minimum absolute atomic E-state index is 0.403. The predicted molar refractivity (Wildman–Crippen MR) is 145 cm³/mol. The second-order valence-corrected chi connectivity index (χ2v) is 10.4. The molecule has 0 saturated heterocycles. The van der Waals surface area contributed by atoms with E-state index in [9.17, 15) is 13.2 Å². The zero-order valence-electron chi connectivity index (χ0n) is 22.2. The first-order valence-electron chi connectivity index (χ1n) is 13.3. The minimum atomic E-state index is -4.36. The molecule has 0 atom stereocenters. The van der Waals surface area contributed by atoms with E-state index in [1.165, 1.54) is 12.0 Å². The molecule has 1 fully saturated rings. The van der Waals surface area contributed by atoms with Crippen LogP contribution in [0.3, 0.4) is 0 Å². The van der Waals surface area contributed by atoms with Gasteiger partial charge in [-0.2, -0.15) is 13.2 Å². The fourth-order valence-corrected chi connectivity index (χ4v) is 4.49. The third-order valence-electron chi connectivity index (χ3n) is 7.19. The van der Waals surface area contributed by atoms with Gasteiger partial charge in [0.2, 0.25) is 0 Å². The first-order chi connectivity index (χ1) is 17.7. The Labute approximate surface area is 218 Å². The second-order valence-electron chi connectivity index (χ2n) is 10.4. The highest BCUT2D eigenvalue weighted by Crippen LogP contribution is 2.41. The lowest BCUT2D eigenvalue weighted by atomic mass is 9.92. The predicted octanol–water partition coefficient (Wildman–Crippen LogP) is 7.53. The highest BCUT2D eigenvalue weighted by Gasteiger charge is 2.47. The van der Waals surface area contributed by atoms with E-state index >= 15 is 0 Å². The number of nitrogens with one attached hydrogen (secondary N) is 2. The molecule has 0 amide bonds. The molecule has 198 valence electrons. The Morgan fingerprint density at radius 1 is 1.16 bits per heavy atom. The van der Waals surface area contributed by atoms with Gasteiger partial charge in [-0.15, -0.1) is 0 Å². The van der Waals surface area contributed by atoms with E-state index in [4.69, 9.17) is 4.98 Å². The molecule has 4 rings (SSSR count). The number of unbranched alkanes of at least 4 members (excludes halogenated alkanes) is 1. The van der Waals surface area contributed by atoms with E-state index in [1.54, 1.807) is 0 Å². The van der Waals surface area contributed by atoms with Crippen LogP contribution < -0.4 is 10.9 Å². The number of hydrogen-bond acceptors (Lipinski definition) is 3. The summed E-state index contributed by atoms with van der Waals surface area (Å²) in [5, 5.41) is 1.11. The summed E-state index contributed by atoms with van der Waals surface area (Å²) in [6.07, 6.45) is 13.1. The van der Waals surface area contributed by atoms with Crippen LogP contribution in [0, 0.1) is 11.8 Å². The Morgan fingerprint density at radius 2 is 1.95 bits per heavy atom. The van der Waals surface area contributed by atoms with Crippen molar-refractivity contribution in [3.63, 3.8) is 0 Å². The molecule has 37 heavy (non-hydrogen) atoms. The molecule has 0 radical (unpaired) electrons. The Kier molecular flexibility index (Phi) is 8.18. The van der Waals surface area contributed by atoms with Crippen molar-refractivity contribution in [1.29, 1.82) is 0 Å². The smallest absolute Gasteiger partial charge is 0.325 e. The van der Waals surface area contributed by atoms with Gasteiger partial charge in [0.15, 0.2) is 0 Å². The SMILES string of the molecule is CCCC#Cc1c(C2=CC/C=C(/NNC(C)(C)C(F)(F)F)C/C=C\2)n(C2CCC2)c2ncc(CC)cc12. The number of nitrogens with zero attached hydrogens (tertiary/aromatic N) is 2. The monoisotopic (exact) mass is 510 g/mol. The lowest BCUT2D eigenvalue weighted by Gasteiger charge is -2.30. The van der Waals surface area contributed by atoms with E-state index in [1.807, 2.05) is 18.3 Å². The van der Waals surface area contributed by atoms with Crippen LogP contribution in [-0.4, -0.2) is 21.3 Å². The van der Waals surface area contributed by atoms with Gasteiger partial charge in [-0.25, -0.2) is 10.4 Å². The van der Waals surface area contributed by atoms with Crippen molar-refractivity contribution >= 4 is 16.6 Å². The number of hydrazine groups is 1. The summed E-state index contributed by atoms with van der Waals surface area (Å²) in [6.45, 7) is 6.51.